The molecule has 2 rings (SSSR count). The molecule has 1 aliphatic rings. The summed E-state index contributed by atoms with van der Waals surface area (Å²) in [5, 5.41) is 10.5. The van der Waals surface area contributed by atoms with E-state index in [0.717, 1.165) is 11.1 Å². The molecule has 6 heteroatoms. The molecule has 0 saturated heterocycles. The van der Waals surface area contributed by atoms with Gasteiger partial charge in [-0.1, -0.05) is 11.6 Å². The first-order valence-corrected chi connectivity index (χ1v) is 8.22. The maximum Gasteiger partial charge on any atom is 0.342 e. The number of aromatic hydroxyl groups is 1. The average molecular weight is 347 g/mol. The van der Waals surface area contributed by atoms with Crippen LogP contribution < -0.4 is 4.74 Å². The van der Waals surface area contributed by atoms with Gasteiger partial charge in [-0.25, -0.2) is 4.79 Å². The summed E-state index contributed by atoms with van der Waals surface area (Å²) in [6.45, 7) is 3.96. The van der Waals surface area contributed by atoms with E-state index < -0.39 is 5.97 Å². The fourth-order valence-corrected chi connectivity index (χ4v) is 2.93. The van der Waals surface area contributed by atoms with E-state index >= 15 is 0 Å². The molecule has 25 heavy (non-hydrogen) atoms. The zero-order valence-electron chi connectivity index (χ0n) is 15.4. The summed E-state index contributed by atoms with van der Waals surface area (Å²) in [6, 6.07) is 0. The summed E-state index contributed by atoms with van der Waals surface area (Å²) in [5.74, 6) is 0.0671. The summed E-state index contributed by atoms with van der Waals surface area (Å²) < 4.78 is 10.5. The van der Waals surface area contributed by atoms with Crippen LogP contribution in [0.1, 0.15) is 46.8 Å². The SMILES string of the molecule is COc1c(C)c2c(c(O)c1C/C=C(\C)CCC(=O)N(C)C)C(=O)OC2. The lowest BCUT2D eigenvalue weighted by Crippen LogP contribution is -2.21. The minimum absolute atomic E-state index is 0.0734. The van der Waals surface area contributed by atoms with Crippen molar-refractivity contribution in [3.8, 4) is 11.5 Å². The second-order valence-corrected chi connectivity index (χ2v) is 6.46. The van der Waals surface area contributed by atoms with E-state index in [1.54, 1.807) is 26.1 Å². The minimum Gasteiger partial charge on any atom is -0.507 e. The van der Waals surface area contributed by atoms with Gasteiger partial charge in [-0.3, -0.25) is 4.79 Å². The molecule has 1 N–H and O–H groups in total. The Balaban J connectivity index is 2.26. The van der Waals surface area contributed by atoms with Crippen LogP contribution in [0.4, 0.5) is 0 Å². The predicted octanol–water partition coefficient (Wildman–Crippen LogP) is 2.74. The molecule has 0 spiro atoms. The number of amides is 1. The zero-order chi connectivity index (χ0) is 18.7. The van der Waals surface area contributed by atoms with Gasteiger partial charge in [0.15, 0.2) is 0 Å². The van der Waals surface area contributed by atoms with Crippen LogP contribution in [0.3, 0.4) is 0 Å². The Labute approximate surface area is 148 Å². The second-order valence-electron chi connectivity index (χ2n) is 6.46. The normalized spacial score (nSPS) is 13.5. The van der Waals surface area contributed by atoms with E-state index in [9.17, 15) is 14.7 Å². The van der Waals surface area contributed by atoms with Crippen molar-refractivity contribution in [1.29, 1.82) is 0 Å². The molecule has 1 amide bonds. The number of benzene rings is 1. The van der Waals surface area contributed by atoms with Gasteiger partial charge in [-0.2, -0.15) is 0 Å². The lowest BCUT2D eigenvalue weighted by molar-refractivity contribution is -0.128. The van der Waals surface area contributed by atoms with Crippen LogP contribution in [0.2, 0.25) is 0 Å². The van der Waals surface area contributed by atoms with Crippen molar-refractivity contribution in [3.05, 3.63) is 33.9 Å². The van der Waals surface area contributed by atoms with E-state index in [1.165, 1.54) is 0 Å². The molecule has 6 nitrogen and oxygen atoms in total. The smallest absolute Gasteiger partial charge is 0.342 e. The first-order valence-electron chi connectivity index (χ1n) is 8.22. The summed E-state index contributed by atoms with van der Waals surface area (Å²) in [6.07, 6.45) is 3.45. The topological polar surface area (TPSA) is 76.1 Å². The monoisotopic (exact) mass is 347 g/mol. The molecule has 1 aromatic carbocycles. The average Bonchev–Trinajstić information content (AvgIpc) is 2.96. The lowest BCUT2D eigenvalue weighted by atomic mass is 9.94. The highest BCUT2D eigenvalue weighted by Gasteiger charge is 2.31. The Morgan fingerprint density at radius 3 is 2.64 bits per heavy atom. The fraction of sp³-hybridized carbons (Fsp3) is 0.474. The Morgan fingerprint density at radius 1 is 1.36 bits per heavy atom. The highest BCUT2D eigenvalue weighted by Crippen LogP contribution is 2.42. The summed E-state index contributed by atoms with van der Waals surface area (Å²) in [4.78, 5) is 25.1. The molecule has 0 saturated carbocycles. The molecule has 1 aliphatic heterocycles. The van der Waals surface area contributed by atoms with Gasteiger partial charge in [-0.15, -0.1) is 0 Å². The first kappa shape index (κ1) is 18.8. The standard InChI is InChI=1S/C19H25NO5/c1-11(7-9-15(21)20(3)4)6-8-13-17(22)16-14(10-25-19(16)23)12(2)18(13)24-5/h6,22H,7-10H2,1-5H3/b11-6+. The second kappa shape index (κ2) is 7.59. The van der Waals surface area contributed by atoms with Crippen LogP contribution in [0.5, 0.6) is 11.5 Å². The maximum atomic E-state index is 11.9. The van der Waals surface area contributed by atoms with Crippen LogP contribution in [0.25, 0.3) is 0 Å². The molecule has 0 fully saturated rings. The third kappa shape index (κ3) is 3.78. The number of carbonyl (C=O) groups is 2. The number of hydrogen-bond donors (Lipinski definition) is 1. The van der Waals surface area contributed by atoms with E-state index in [4.69, 9.17) is 9.47 Å². The van der Waals surface area contributed by atoms with Crippen molar-refractivity contribution in [2.45, 2.75) is 39.7 Å². The molecule has 0 aromatic heterocycles. The number of phenols is 1. The van der Waals surface area contributed by atoms with Crippen molar-refractivity contribution < 1.29 is 24.2 Å². The highest BCUT2D eigenvalue weighted by atomic mass is 16.5. The molecule has 0 radical (unpaired) electrons. The van der Waals surface area contributed by atoms with Gasteiger partial charge in [-0.05, 0) is 32.3 Å². The summed E-state index contributed by atoms with van der Waals surface area (Å²) >= 11 is 0. The van der Waals surface area contributed by atoms with Crippen molar-refractivity contribution >= 4 is 11.9 Å². The van der Waals surface area contributed by atoms with Crippen LogP contribution in [-0.2, 0) is 22.6 Å². The number of carbonyl (C=O) groups excluding carboxylic acids is 2. The number of methoxy groups -OCH3 is 1. The number of rotatable bonds is 6. The van der Waals surface area contributed by atoms with Gasteiger partial charge in [0.05, 0.1) is 7.11 Å². The largest absolute Gasteiger partial charge is 0.507 e. The molecular weight excluding hydrogens is 322 g/mol. The van der Waals surface area contributed by atoms with Gasteiger partial charge in [0, 0.05) is 31.6 Å². The van der Waals surface area contributed by atoms with E-state index in [-0.39, 0.29) is 23.8 Å². The Bertz CT molecular complexity index is 734. The maximum absolute atomic E-state index is 11.9. The third-order valence-electron chi connectivity index (χ3n) is 4.53. The third-order valence-corrected chi connectivity index (χ3v) is 4.53. The van der Waals surface area contributed by atoms with Crippen LogP contribution in [0.15, 0.2) is 11.6 Å². The minimum atomic E-state index is -0.503. The number of esters is 1. The number of phenolic OH excluding ortho intramolecular Hbond substituents is 1. The predicted molar refractivity (Wildman–Crippen MR) is 93.9 cm³/mol. The van der Waals surface area contributed by atoms with Crippen LogP contribution in [-0.4, -0.2) is 43.1 Å². The molecule has 0 aliphatic carbocycles. The molecular formula is C19H25NO5. The number of fused-ring (bicyclic) bond motifs is 1. The Hall–Kier alpha value is -2.50. The lowest BCUT2D eigenvalue weighted by Gasteiger charge is -2.16. The van der Waals surface area contributed by atoms with Crippen molar-refractivity contribution in [3.63, 3.8) is 0 Å². The quantitative estimate of drug-likeness (QED) is 0.632. The molecule has 0 bridgehead atoms. The van der Waals surface area contributed by atoms with E-state index in [1.807, 2.05) is 19.9 Å². The number of cyclic esters (lactones) is 1. The number of nitrogens with zero attached hydrogens (tertiary/aromatic N) is 1. The molecule has 0 atom stereocenters. The summed E-state index contributed by atoms with van der Waals surface area (Å²) in [7, 11) is 5.01. The van der Waals surface area contributed by atoms with E-state index in [2.05, 4.69) is 0 Å². The zero-order valence-corrected chi connectivity index (χ0v) is 15.4. The van der Waals surface area contributed by atoms with Crippen molar-refractivity contribution in [2.75, 3.05) is 21.2 Å². The van der Waals surface area contributed by atoms with Crippen molar-refractivity contribution in [1.82, 2.24) is 4.90 Å². The van der Waals surface area contributed by atoms with Gasteiger partial charge >= 0.3 is 5.97 Å². The van der Waals surface area contributed by atoms with Gasteiger partial charge in [0.25, 0.3) is 0 Å². The van der Waals surface area contributed by atoms with Crippen LogP contribution >= 0.6 is 0 Å². The highest BCUT2D eigenvalue weighted by molar-refractivity contribution is 5.98. The molecule has 1 aromatic rings. The Kier molecular flexibility index (Phi) is 5.72. The first-order chi connectivity index (χ1) is 11.8. The van der Waals surface area contributed by atoms with Gasteiger partial charge in [0.2, 0.25) is 5.91 Å². The number of ether oxygens (including phenoxy) is 2. The Morgan fingerprint density at radius 2 is 2.04 bits per heavy atom. The molecule has 0 unspecified atom stereocenters. The fourth-order valence-electron chi connectivity index (χ4n) is 2.93. The molecule has 136 valence electrons. The van der Waals surface area contributed by atoms with E-state index in [0.29, 0.717) is 36.1 Å². The number of hydrogen-bond acceptors (Lipinski definition) is 5. The van der Waals surface area contributed by atoms with Crippen molar-refractivity contribution in [2.24, 2.45) is 0 Å². The van der Waals surface area contributed by atoms with Gasteiger partial charge < -0.3 is 19.5 Å². The number of allylic oxidation sites excluding steroid dienone is 2. The van der Waals surface area contributed by atoms with Crippen LogP contribution in [0, 0.1) is 6.92 Å². The van der Waals surface area contributed by atoms with Gasteiger partial charge in [0.1, 0.15) is 23.7 Å². The summed E-state index contributed by atoms with van der Waals surface area (Å²) in [5.41, 5.74) is 3.33. The molecule has 1 heterocycles.